The van der Waals surface area contributed by atoms with Gasteiger partial charge in [0.1, 0.15) is 6.10 Å². The number of carbonyl (C=O) groups is 1. The molecule has 0 aromatic carbocycles. The SMILES string of the molecule is CCCCCCCC/C=C\CCCCCCCCC(O)C(=O)NC(CO)C(O)/C=C/CCCCCCCCCCCCCCCCCCCCCCCCC. The Bertz CT molecular complexity index is 814. The van der Waals surface area contributed by atoms with E-state index in [-0.39, 0.29) is 6.61 Å². The van der Waals surface area contributed by atoms with Gasteiger partial charge in [-0.1, -0.05) is 244 Å². The topological polar surface area (TPSA) is 89.8 Å². The van der Waals surface area contributed by atoms with Crippen molar-refractivity contribution in [2.24, 2.45) is 0 Å². The predicted octanol–water partition coefficient (Wildman–Crippen LogP) is 14.6. The lowest BCUT2D eigenvalue weighted by Crippen LogP contribution is -2.48. The first-order chi connectivity index (χ1) is 27.1. The van der Waals surface area contributed by atoms with Crippen molar-refractivity contribution in [3.05, 3.63) is 24.3 Å². The first kappa shape index (κ1) is 53.8. The first-order valence-electron chi connectivity index (χ1n) is 24.7. The summed E-state index contributed by atoms with van der Waals surface area (Å²) in [6.45, 7) is 4.19. The highest BCUT2D eigenvalue weighted by molar-refractivity contribution is 5.80. The molecule has 4 N–H and O–H groups in total. The second kappa shape index (κ2) is 45.5. The number of carbonyl (C=O) groups excluding carboxylic acids is 1. The zero-order valence-corrected chi connectivity index (χ0v) is 37.1. The molecule has 0 radical (unpaired) electrons. The molecule has 0 saturated carbocycles. The van der Waals surface area contributed by atoms with Gasteiger partial charge >= 0.3 is 0 Å². The van der Waals surface area contributed by atoms with Crippen LogP contribution in [-0.4, -0.2) is 46.1 Å². The van der Waals surface area contributed by atoms with Crippen LogP contribution in [0.15, 0.2) is 24.3 Å². The maximum atomic E-state index is 12.5. The van der Waals surface area contributed by atoms with Crippen molar-refractivity contribution in [2.75, 3.05) is 6.61 Å². The summed E-state index contributed by atoms with van der Waals surface area (Å²) < 4.78 is 0. The minimum atomic E-state index is -1.10. The lowest BCUT2D eigenvalue weighted by atomic mass is 10.0. The van der Waals surface area contributed by atoms with E-state index in [0.717, 1.165) is 32.1 Å². The number of hydrogen-bond donors (Lipinski definition) is 4. The monoisotopic (exact) mass is 776 g/mol. The molecule has 3 unspecified atom stereocenters. The van der Waals surface area contributed by atoms with E-state index in [1.165, 1.54) is 212 Å². The third-order valence-electron chi connectivity index (χ3n) is 11.5. The van der Waals surface area contributed by atoms with Gasteiger partial charge in [-0.05, 0) is 44.9 Å². The molecule has 1 amide bonds. The van der Waals surface area contributed by atoms with E-state index in [4.69, 9.17) is 0 Å². The minimum absolute atomic E-state index is 0.363. The average molecular weight is 776 g/mol. The summed E-state index contributed by atoms with van der Waals surface area (Å²) in [5.41, 5.74) is 0. The van der Waals surface area contributed by atoms with Gasteiger partial charge in [0.05, 0.1) is 18.8 Å². The van der Waals surface area contributed by atoms with E-state index in [1.54, 1.807) is 6.08 Å². The zero-order valence-electron chi connectivity index (χ0n) is 37.1. The molecule has 55 heavy (non-hydrogen) atoms. The molecule has 0 aromatic heterocycles. The maximum Gasteiger partial charge on any atom is 0.249 e. The van der Waals surface area contributed by atoms with E-state index < -0.39 is 24.2 Å². The van der Waals surface area contributed by atoms with Crippen molar-refractivity contribution in [2.45, 2.75) is 283 Å². The Hall–Kier alpha value is -1.17. The number of unbranched alkanes of at least 4 members (excludes halogenated alkanes) is 35. The van der Waals surface area contributed by atoms with Crippen LogP contribution in [-0.2, 0) is 4.79 Å². The molecule has 0 bridgehead atoms. The van der Waals surface area contributed by atoms with Crippen molar-refractivity contribution in [1.82, 2.24) is 5.32 Å². The summed E-state index contributed by atoms with van der Waals surface area (Å²) in [6.07, 6.45) is 56.6. The zero-order chi connectivity index (χ0) is 40.1. The van der Waals surface area contributed by atoms with Gasteiger partial charge in [-0.3, -0.25) is 4.79 Å². The molecule has 0 saturated heterocycles. The van der Waals surface area contributed by atoms with Crippen molar-refractivity contribution in [3.8, 4) is 0 Å². The Morgan fingerprint density at radius 3 is 1.05 bits per heavy atom. The van der Waals surface area contributed by atoms with E-state index in [0.29, 0.717) is 6.42 Å². The molecule has 5 nitrogen and oxygen atoms in total. The molecule has 0 aromatic rings. The van der Waals surface area contributed by atoms with Crippen LogP contribution in [0.1, 0.15) is 264 Å². The molecule has 3 atom stereocenters. The average Bonchev–Trinajstić information content (AvgIpc) is 3.19. The smallest absolute Gasteiger partial charge is 0.249 e. The lowest BCUT2D eigenvalue weighted by molar-refractivity contribution is -0.131. The third-order valence-corrected chi connectivity index (χ3v) is 11.5. The summed E-state index contributed by atoms with van der Waals surface area (Å²) in [5, 5.41) is 33.2. The molecule has 0 aliphatic heterocycles. The fraction of sp³-hybridized carbons (Fsp3) is 0.900. The van der Waals surface area contributed by atoms with Gasteiger partial charge in [0, 0.05) is 0 Å². The van der Waals surface area contributed by atoms with Gasteiger partial charge in [-0.2, -0.15) is 0 Å². The third kappa shape index (κ3) is 40.8. The summed E-state index contributed by atoms with van der Waals surface area (Å²) in [4.78, 5) is 12.5. The number of amides is 1. The fourth-order valence-electron chi connectivity index (χ4n) is 7.65. The largest absolute Gasteiger partial charge is 0.394 e. The highest BCUT2D eigenvalue weighted by Crippen LogP contribution is 2.16. The Morgan fingerprint density at radius 1 is 0.436 bits per heavy atom. The van der Waals surface area contributed by atoms with Crippen molar-refractivity contribution in [3.63, 3.8) is 0 Å². The van der Waals surface area contributed by atoms with Crippen LogP contribution in [0.4, 0.5) is 0 Å². The number of aliphatic hydroxyl groups excluding tert-OH is 3. The number of hydrogen-bond acceptors (Lipinski definition) is 4. The molecular weight excluding hydrogens is 679 g/mol. The molecular formula is C50H97NO4. The highest BCUT2D eigenvalue weighted by Gasteiger charge is 2.22. The van der Waals surface area contributed by atoms with Crippen molar-refractivity contribution < 1.29 is 20.1 Å². The van der Waals surface area contributed by atoms with E-state index in [2.05, 4.69) is 31.3 Å². The first-order valence-corrected chi connectivity index (χ1v) is 24.7. The minimum Gasteiger partial charge on any atom is -0.394 e. The van der Waals surface area contributed by atoms with Gasteiger partial charge < -0.3 is 20.6 Å². The lowest BCUT2D eigenvalue weighted by Gasteiger charge is -2.21. The molecule has 0 aliphatic carbocycles. The van der Waals surface area contributed by atoms with Gasteiger partial charge in [-0.25, -0.2) is 0 Å². The molecule has 0 heterocycles. The predicted molar refractivity (Wildman–Crippen MR) is 241 cm³/mol. The number of aliphatic hydroxyl groups is 3. The van der Waals surface area contributed by atoms with Gasteiger partial charge in [0.25, 0.3) is 0 Å². The molecule has 0 fully saturated rings. The van der Waals surface area contributed by atoms with Crippen LogP contribution in [0.2, 0.25) is 0 Å². The fourth-order valence-corrected chi connectivity index (χ4v) is 7.65. The van der Waals surface area contributed by atoms with E-state index in [1.807, 2.05) is 6.08 Å². The Morgan fingerprint density at radius 2 is 0.727 bits per heavy atom. The number of allylic oxidation sites excluding steroid dienone is 3. The summed E-state index contributed by atoms with van der Waals surface area (Å²) in [7, 11) is 0. The summed E-state index contributed by atoms with van der Waals surface area (Å²) in [5.74, 6) is -0.506. The molecule has 0 rings (SSSR count). The van der Waals surface area contributed by atoms with Crippen LogP contribution < -0.4 is 5.32 Å². The van der Waals surface area contributed by atoms with Crippen LogP contribution in [0.3, 0.4) is 0 Å². The molecule has 326 valence electrons. The molecule has 0 spiro atoms. The standard InChI is InChI=1S/C50H97NO4/c1-3-5-7-9-11-13-15-17-19-21-22-23-24-25-26-27-28-29-31-32-34-36-38-40-42-44-48(53)47(46-52)51-50(55)49(54)45-43-41-39-37-35-33-30-20-18-16-14-12-10-8-6-4-2/h18,20,42,44,47-49,52-54H,3-17,19,21-41,43,45-46H2,1-2H3,(H,51,55)/b20-18-,44-42+. The van der Waals surface area contributed by atoms with E-state index >= 15 is 0 Å². The highest BCUT2D eigenvalue weighted by atomic mass is 16.3. The van der Waals surface area contributed by atoms with Crippen molar-refractivity contribution >= 4 is 5.91 Å². The number of nitrogens with one attached hydrogen (secondary N) is 1. The Balaban J connectivity index is 3.60. The summed E-state index contributed by atoms with van der Waals surface area (Å²) >= 11 is 0. The number of rotatable bonds is 45. The van der Waals surface area contributed by atoms with Crippen LogP contribution in [0, 0.1) is 0 Å². The van der Waals surface area contributed by atoms with Crippen LogP contribution in [0.25, 0.3) is 0 Å². The van der Waals surface area contributed by atoms with Gasteiger partial charge in [-0.15, -0.1) is 0 Å². The molecule has 5 heteroatoms. The maximum absolute atomic E-state index is 12.5. The van der Waals surface area contributed by atoms with Gasteiger partial charge in [0.2, 0.25) is 5.91 Å². The Labute approximate surface area is 343 Å². The summed E-state index contributed by atoms with van der Waals surface area (Å²) in [6, 6.07) is -0.799. The van der Waals surface area contributed by atoms with Crippen molar-refractivity contribution in [1.29, 1.82) is 0 Å². The quantitative estimate of drug-likeness (QED) is 0.0366. The normalized spacial score (nSPS) is 13.6. The Kier molecular flexibility index (Phi) is 44.6. The second-order valence-corrected chi connectivity index (χ2v) is 17.0. The molecule has 0 aliphatic rings. The van der Waals surface area contributed by atoms with Crippen LogP contribution in [0.5, 0.6) is 0 Å². The van der Waals surface area contributed by atoms with Crippen LogP contribution >= 0.6 is 0 Å². The second-order valence-electron chi connectivity index (χ2n) is 17.0. The van der Waals surface area contributed by atoms with E-state index in [9.17, 15) is 20.1 Å². The van der Waals surface area contributed by atoms with Gasteiger partial charge in [0.15, 0.2) is 0 Å².